The van der Waals surface area contributed by atoms with E-state index in [9.17, 15) is 9.18 Å². The molecule has 5 heteroatoms. The molecular weight excluding hydrogens is 299 g/mol. The van der Waals surface area contributed by atoms with Gasteiger partial charge in [-0.05, 0) is 24.3 Å². The largest absolute Gasteiger partial charge is 0.461 e. The summed E-state index contributed by atoms with van der Waals surface area (Å²) in [6.45, 7) is 0.197. The zero-order valence-electron chi connectivity index (χ0n) is 10.5. The summed E-state index contributed by atoms with van der Waals surface area (Å²) in [5, 5.41) is 0.0608. The summed E-state index contributed by atoms with van der Waals surface area (Å²) >= 11 is 7.35. The maximum Gasteiger partial charge on any atom is 0.342 e. The first-order valence-electron chi connectivity index (χ1n) is 5.97. The molecule has 2 nitrogen and oxygen atoms in total. The van der Waals surface area contributed by atoms with Gasteiger partial charge in [-0.3, -0.25) is 0 Å². The molecule has 0 saturated carbocycles. The van der Waals surface area contributed by atoms with E-state index in [1.54, 1.807) is 11.8 Å². The zero-order valence-corrected chi connectivity index (χ0v) is 12.1. The summed E-state index contributed by atoms with van der Waals surface area (Å²) in [4.78, 5) is 12.8. The third-order valence-corrected chi connectivity index (χ3v) is 3.79. The molecule has 2 aromatic rings. The Bertz CT molecular complexity index is 569. The Morgan fingerprint density at radius 3 is 2.60 bits per heavy atom. The van der Waals surface area contributed by atoms with E-state index in [0.29, 0.717) is 5.75 Å². The second kappa shape index (κ2) is 7.31. The molecule has 0 aliphatic heterocycles. The average molecular weight is 311 g/mol. The molecule has 20 heavy (non-hydrogen) atoms. The second-order valence-corrected chi connectivity index (χ2v) is 5.47. The fraction of sp³-hybridized carbons (Fsp3) is 0.133. The first kappa shape index (κ1) is 14.9. The van der Waals surface area contributed by atoms with Crippen molar-refractivity contribution in [2.75, 3.05) is 12.4 Å². The molecule has 0 amide bonds. The van der Waals surface area contributed by atoms with Crippen LogP contribution in [0.25, 0.3) is 0 Å². The molecule has 0 radical (unpaired) electrons. The van der Waals surface area contributed by atoms with E-state index >= 15 is 0 Å². The molecule has 0 spiro atoms. The highest BCUT2D eigenvalue weighted by molar-refractivity contribution is 7.99. The molecule has 0 atom stereocenters. The Labute approximate surface area is 125 Å². The minimum atomic E-state index is -0.734. The van der Waals surface area contributed by atoms with E-state index < -0.39 is 11.8 Å². The summed E-state index contributed by atoms with van der Waals surface area (Å²) in [5.41, 5.74) is -0.209. The highest BCUT2D eigenvalue weighted by Crippen LogP contribution is 2.20. The van der Waals surface area contributed by atoms with Gasteiger partial charge in [-0.25, -0.2) is 9.18 Å². The molecule has 0 heterocycles. The predicted molar refractivity (Wildman–Crippen MR) is 78.9 cm³/mol. The fourth-order valence-corrected chi connectivity index (χ4v) is 2.57. The summed E-state index contributed by atoms with van der Waals surface area (Å²) in [7, 11) is 0. The Hall–Kier alpha value is -1.52. The summed E-state index contributed by atoms with van der Waals surface area (Å²) in [6, 6.07) is 13.8. The van der Waals surface area contributed by atoms with Crippen LogP contribution in [0.2, 0.25) is 5.02 Å². The molecule has 0 aliphatic rings. The Morgan fingerprint density at radius 2 is 1.90 bits per heavy atom. The highest BCUT2D eigenvalue weighted by atomic mass is 35.5. The number of rotatable bonds is 5. The summed E-state index contributed by atoms with van der Waals surface area (Å²) < 4.78 is 18.5. The third-order valence-electron chi connectivity index (χ3n) is 2.50. The number of benzene rings is 2. The van der Waals surface area contributed by atoms with Crippen molar-refractivity contribution in [2.24, 2.45) is 0 Å². The molecule has 2 aromatic carbocycles. The third kappa shape index (κ3) is 3.99. The maximum atomic E-state index is 13.5. The number of carbonyl (C=O) groups excluding carboxylic acids is 1. The molecule has 2 rings (SSSR count). The molecule has 0 bridgehead atoms. The topological polar surface area (TPSA) is 26.3 Å². The van der Waals surface area contributed by atoms with Crippen LogP contribution in [0, 0.1) is 5.82 Å². The Morgan fingerprint density at radius 1 is 1.15 bits per heavy atom. The average Bonchev–Trinajstić information content (AvgIpc) is 2.44. The van der Waals surface area contributed by atoms with Crippen molar-refractivity contribution in [1.29, 1.82) is 0 Å². The lowest BCUT2D eigenvalue weighted by atomic mass is 10.2. The molecule has 0 unspecified atom stereocenters. The van der Waals surface area contributed by atoms with Crippen molar-refractivity contribution in [2.45, 2.75) is 4.90 Å². The fourth-order valence-electron chi connectivity index (χ4n) is 1.58. The predicted octanol–water partition coefficient (Wildman–Crippen LogP) is 4.43. The standard InChI is InChI=1S/C15H12ClFO2S/c16-12-7-4-8-13(17)14(12)15(18)19-9-10-20-11-5-2-1-3-6-11/h1-8H,9-10H2. The molecule has 0 aromatic heterocycles. The minimum Gasteiger partial charge on any atom is -0.461 e. The summed E-state index contributed by atoms with van der Waals surface area (Å²) in [5.74, 6) is -0.804. The molecule has 0 aliphatic carbocycles. The number of carbonyl (C=O) groups is 1. The van der Waals surface area contributed by atoms with E-state index in [-0.39, 0.29) is 17.2 Å². The number of esters is 1. The van der Waals surface area contributed by atoms with Gasteiger partial charge in [0.2, 0.25) is 0 Å². The lowest BCUT2D eigenvalue weighted by Gasteiger charge is -2.07. The van der Waals surface area contributed by atoms with Gasteiger partial charge in [0.25, 0.3) is 0 Å². The van der Waals surface area contributed by atoms with Crippen molar-refractivity contribution in [3.8, 4) is 0 Å². The van der Waals surface area contributed by atoms with Gasteiger partial charge in [0.1, 0.15) is 18.0 Å². The van der Waals surface area contributed by atoms with E-state index in [2.05, 4.69) is 0 Å². The van der Waals surface area contributed by atoms with Crippen LogP contribution in [0.4, 0.5) is 4.39 Å². The van der Waals surface area contributed by atoms with Crippen LogP contribution in [0.5, 0.6) is 0 Å². The van der Waals surface area contributed by atoms with Crippen molar-refractivity contribution < 1.29 is 13.9 Å². The number of hydrogen-bond donors (Lipinski definition) is 0. The Kier molecular flexibility index (Phi) is 5.44. The van der Waals surface area contributed by atoms with Gasteiger partial charge < -0.3 is 4.74 Å². The van der Waals surface area contributed by atoms with Crippen LogP contribution in [-0.4, -0.2) is 18.3 Å². The van der Waals surface area contributed by atoms with Crippen molar-refractivity contribution in [3.05, 3.63) is 64.9 Å². The minimum absolute atomic E-state index is 0.0608. The van der Waals surface area contributed by atoms with E-state index in [4.69, 9.17) is 16.3 Å². The first-order chi connectivity index (χ1) is 9.68. The Balaban J connectivity index is 1.84. The second-order valence-electron chi connectivity index (χ2n) is 3.89. The number of ether oxygens (including phenoxy) is 1. The van der Waals surface area contributed by atoms with E-state index in [1.807, 2.05) is 30.3 Å². The normalized spacial score (nSPS) is 10.3. The van der Waals surface area contributed by atoms with Crippen LogP contribution < -0.4 is 0 Å². The van der Waals surface area contributed by atoms with Crippen LogP contribution in [-0.2, 0) is 4.74 Å². The number of thioether (sulfide) groups is 1. The molecule has 0 fully saturated rings. The first-order valence-corrected chi connectivity index (χ1v) is 7.34. The lowest BCUT2D eigenvalue weighted by Crippen LogP contribution is -2.10. The monoisotopic (exact) mass is 310 g/mol. The van der Waals surface area contributed by atoms with Gasteiger partial charge in [-0.2, -0.15) is 0 Å². The van der Waals surface area contributed by atoms with Crippen molar-refractivity contribution in [1.82, 2.24) is 0 Å². The highest BCUT2D eigenvalue weighted by Gasteiger charge is 2.16. The van der Waals surface area contributed by atoms with Crippen LogP contribution in [0.15, 0.2) is 53.4 Å². The van der Waals surface area contributed by atoms with E-state index in [0.717, 1.165) is 4.90 Å². The molecule has 0 saturated heterocycles. The molecule has 0 N–H and O–H groups in total. The summed E-state index contributed by atoms with van der Waals surface area (Å²) in [6.07, 6.45) is 0. The van der Waals surface area contributed by atoms with E-state index in [1.165, 1.54) is 18.2 Å². The van der Waals surface area contributed by atoms with Crippen LogP contribution >= 0.6 is 23.4 Å². The molecule has 104 valence electrons. The SMILES string of the molecule is O=C(OCCSc1ccccc1)c1c(F)cccc1Cl. The van der Waals surface area contributed by atoms with Gasteiger partial charge in [0, 0.05) is 10.6 Å². The van der Waals surface area contributed by atoms with Gasteiger partial charge in [-0.15, -0.1) is 11.8 Å². The van der Waals surface area contributed by atoms with Crippen LogP contribution in [0.1, 0.15) is 10.4 Å². The van der Waals surface area contributed by atoms with Crippen molar-refractivity contribution in [3.63, 3.8) is 0 Å². The smallest absolute Gasteiger partial charge is 0.342 e. The van der Waals surface area contributed by atoms with Gasteiger partial charge >= 0.3 is 5.97 Å². The maximum absolute atomic E-state index is 13.5. The molecular formula is C15H12ClFO2S. The van der Waals surface area contributed by atoms with Crippen molar-refractivity contribution >= 4 is 29.3 Å². The van der Waals surface area contributed by atoms with Gasteiger partial charge in [-0.1, -0.05) is 35.9 Å². The van der Waals surface area contributed by atoms with Gasteiger partial charge in [0.15, 0.2) is 0 Å². The zero-order chi connectivity index (χ0) is 14.4. The quantitative estimate of drug-likeness (QED) is 0.464. The lowest BCUT2D eigenvalue weighted by molar-refractivity contribution is 0.0525. The number of halogens is 2. The van der Waals surface area contributed by atoms with Gasteiger partial charge in [0.05, 0.1) is 5.02 Å². The van der Waals surface area contributed by atoms with Crippen LogP contribution in [0.3, 0.4) is 0 Å². The number of hydrogen-bond acceptors (Lipinski definition) is 3.